The van der Waals surface area contributed by atoms with Gasteiger partial charge in [-0.1, -0.05) is 30.3 Å². The molecule has 19 heavy (non-hydrogen) atoms. The predicted octanol–water partition coefficient (Wildman–Crippen LogP) is 1.90. The van der Waals surface area contributed by atoms with E-state index in [1.165, 1.54) is 5.56 Å². The molecule has 0 unspecified atom stereocenters. The highest BCUT2D eigenvalue weighted by molar-refractivity contribution is 8.00. The van der Waals surface area contributed by atoms with Crippen molar-refractivity contribution in [3.8, 4) is 0 Å². The van der Waals surface area contributed by atoms with Gasteiger partial charge in [-0.25, -0.2) is 0 Å². The second-order valence-corrected chi connectivity index (χ2v) is 5.28. The maximum atomic E-state index is 11.7. The SMILES string of the molecule is CN(CCCc1ccccc1)C(=O)CSCC(=O)O. The average Bonchev–Trinajstić information content (AvgIpc) is 2.39. The molecule has 1 amide bonds. The van der Waals surface area contributed by atoms with Crippen molar-refractivity contribution in [1.29, 1.82) is 0 Å². The summed E-state index contributed by atoms with van der Waals surface area (Å²) in [6, 6.07) is 10.1. The van der Waals surface area contributed by atoms with E-state index < -0.39 is 5.97 Å². The van der Waals surface area contributed by atoms with Gasteiger partial charge in [-0.2, -0.15) is 0 Å². The van der Waals surface area contributed by atoms with E-state index in [1.807, 2.05) is 18.2 Å². The second-order valence-electron chi connectivity index (χ2n) is 4.29. The zero-order valence-electron chi connectivity index (χ0n) is 11.0. The minimum atomic E-state index is -0.885. The molecule has 5 heteroatoms. The normalized spacial score (nSPS) is 10.2. The van der Waals surface area contributed by atoms with Crippen LogP contribution in [0.25, 0.3) is 0 Å². The molecule has 0 atom stereocenters. The summed E-state index contributed by atoms with van der Waals surface area (Å²) in [4.78, 5) is 23.7. The summed E-state index contributed by atoms with van der Waals surface area (Å²) >= 11 is 1.14. The van der Waals surface area contributed by atoms with Crippen LogP contribution in [0, 0.1) is 0 Å². The molecule has 0 bridgehead atoms. The second kappa shape index (κ2) is 8.58. The summed E-state index contributed by atoms with van der Waals surface area (Å²) < 4.78 is 0. The van der Waals surface area contributed by atoms with Crippen molar-refractivity contribution in [3.05, 3.63) is 35.9 Å². The van der Waals surface area contributed by atoms with Gasteiger partial charge in [0.25, 0.3) is 0 Å². The number of benzene rings is 1. The molecule has 0 radical (unpaired) electrons. The molecule has 0 heterocycles. The standard InChI is InChI=1S/C14H19NO3S/c1-15(13(16)10-19-11-14(17)18)9-5-8-12-6-3-2-4-7-12/h2-4,6-7H,5,8-11H2,1H3,(H,17,18). The molecule has 0 aliphatic heterocycles. The summed E-state index contributed by atoms with van der Waals surface area (Å²) in [5, 5.41) is 8.49. The Morgan fingerprint density at radius 3 is 2.53 bits per heavy atom. The lowest BCUT2D eigenvalue weighted by Crippen LogP contribution is -2.29. The number of hydrogen-bond donors (Lipinski definition) is 1. The molecule has 1 rings (SSSR count). The topological polar surface area (TPSA) is 57.6 Å². The van der Waals surface area contributed by atoms with Crippen LogP contribution in [0.2, 0.25) is 0 Å². The van der Waals surface area contributed by atoms with Crippen LogP contribution in [0.4, 0.5) is 0 Å². The first-order valence-corrected chi connectivity index (χ1v) is 7.32. The van der Waals surface area contributed by atoms with Crippen LogP contribution in [0.1, 0.15) is 12.0 Å². The number of hydrogen-bond acceptors (Lipinski definition) is 3. The third-order valence-electron chi connectivity index (χ3n) is 2.68. The van der Waals surface area contributed by atoms with E-state index in [2.05, 4.69) is 12.1 Å². The van der Waals surface area contributed by atoms with Gasteiger partial charge in [0.15, 0.2) is 0 Å². The van der Waals surface area contributed by atoms with Crippen molar-refractivity contribution in [2.24, 2.45) is 0 Å². The molecule has 0 aromatic heterocycles. The van der Waals surface area contributed by atoms with Crippen LogP contribution in [-0.2, 0) is 16.0 Å². The first-order chi connectivity index (χ1) is 9.09. The summed E-state index contributed by atoms with van der Waals surface area (Å²) in [6.07, 6.45) is 1.86. The number of rotatable bonds is 8. The fraction of sp³-hybridized carbons (Fsp3) is 0.429. The fourth-order valence-corrected chi connectivity index (χ4v) is 2.30. The van der Waals surface area contributed by atoms with Crippen molar-refractivity contribution in [3.63, 3.8) is 0 Å². The number of carbonyl (C=O) groups is 2. The van der Waals surface area contributed by atoms with Crippen LogP contribution >= 0.6 is 11.8 Å². The van der Waals surface area contributed by atoms with E-state index >= 15 is 0 Å². The van der Waals surface area contributed by atoms with Crippen LogP contribution in [0.5, 0.6) is 0 Å². The van der Waals surface area contributed by atoms with Crippen LogP contribution in [0.15, 0.2) is 30.3 Å². The van der Waals surface area contributed by atoms with Crippen LogP contribution < -0.4 is 0 Å². The van der Waals surface area contributed by atoms with Crippen molar-refractivity contribution in [2.75, 3.05) is 25.1 Å². The number of amides is 1. The summed E-state index contributed by atoms with van der Waals surface area (Å²) in [5.74, 6) is -0.693. The van der Waals surface area contributed by atoms with E-state index in [9.17, 15) is 9.59 Å². The van der Waals surface area contributed by atoms with Crippen molar-refractivity contribution < 1.29 is 14.7 Å². The minimum absolute atomic E-state index is 0.0145. The fourth-order valence-electron chi connectivity index (χ4n) is 1.63. The lowest BCUT2D eigenvalue weighted by molar-refractivity contribution is -0.133. The maximum Gasteiger partial charge on any atom is 0.313 e. The first kappa shape index (κ1) is 15.6. The smallest absolute Gasteiger partial charge is 0.313 e. The first-order valence-electron chi connectivity index (χ1n) is 6.17. The summed E-state index contributed by atoms with van der Waals surface area (Å²) in [7, 11) is 1.76. The molecule has 1 N–H and O–H groups in total. The Bertz CT molecular complexity index is 408. The number of aryl methyl sites for hydroxylation is 1. The zero-order valence-corrected chi connectivity index (χ0v) is 11.9. The van der Waals surface area contributed by atoms with Gasteiger partial charge in [0.1, 0.15) is 0 Å². The van der Waals surface area contributed by atoms with Gasteiger partial charge in [-0.05, 0) is 18.4 Å². The lowest BCUT2D eigenvalue weighted by Gasteiger charge is -2.16. The highest BCUT2D eigenvalue weighted by atomic mass is 32.2. The van der Waals surface area contributed by atoms with E-state index in [0.29, 0.717) is 6.54 Å². The van der Waals surface area contributed by atoms with Crippen LogP contribution in [-0.4, -0.2) is 47.0 Å². The quantitative estimate of drug-likeness (QED) is 0.790. The molecule has 4 nitrogen and oxygen atoms in total. The van der Waals surface area contributed by atoms with Crippen molar-refractivity contribution in [1.82, 2.24) is 4.90 Å². The number of carboxylic acids is 1. The van der Waals surface area contributed by atoms with Gasteiger partial charge in [-0.3, -0.25) is 9.59 Å². The monoisotopic (exact) mass is 281 g/mol. The average molecular weight is 281 g/mol. The Labute approximate surface area is 117 Å². The molecule has 0 saturated carbocycles. The number of carbonyl (C=O) groups excluding carboxylic acids is 1. The molecule has 0 aliphatic rings. The third-order valence-corrected chi connectivity index (χ3v) is 3.58. The Hall–Kier alpha value is -1.49. The highest BCUT2D eigenvalue weighted by Crippen LogP contribution is 2.05. The van der Waals surface area contributed by atoms with Crippen LogP contribution in [0.3, 0.4) is 0 Å². The Morgan fingerprint density at radius 1 is 1.21 bits per heavy atom. The molecule has 0 aliphatic carbocycles. The van der Waals surface area contributed by atoms with Gasteiger partial charge >= 0.3 is 5.97 Å². The van der Waals surface area contributed by atoms with E-state index in [0.717, 1.165) is 24.6 Å². The Kier molecular flexibility index (Phi) is 7.03. The molecule has 1 aromatic rings. The van der Waals surface area contributed by atoms with E-state index in [-0.39, 0.29) is 17.4 Å². The number of carboxylic acid groups (broad SMARTS) is 1. The number of thioether (sulfide) groups is 1. The maximum absolute atomic E-state index is 11.7. The van der Waals surface area contributed by atoms with Gasteiger partial charge in [0.2, 0.25) is 5.91 Å². The Morgan fingerprint density at radius 2 is 1.89 bits per heavy atom. The minimum Gasteiger partial charge on any atom is -0.481 e. The highest BCUT2D eigenvalue weighted by Gasteiger charge is 2.09. The summed E-state index contributed by atoms with van der Waals surface area (Å²) in [5.41, 5.74) is 1.27. The van der Waals surface area contributed by atoms with Crippen molar-refractivity contribution in [2.45, 2.75) is 12.8 Å². The number of nitrogens with zero attached hydrogens (tertiary/aromatic N) is 1. The lowest BCUT2D eigenvalue weighted by atomic mass is 10.1. The summed E-state index contributed by atoms with van der Waals surface area (Å²) in [6.45, 7) is 0.696. The third kappa shape index (κ3) is 6.86. The van der Waals surface area contributed by atoms with E-state index in [4.69, 9.17) is 5.11 Å². The molecular formula is C14H19NO3S. The zero-order chi connectivity index (χ0) is 14.1. The molecular weight excluding hydrogens is 262 g/mol. The Balaban J connectivity index is 2.18. The molecule has 0 spiro atoms. The molecule has 1 aromatic carbocycles. The van der Waals surface area contributed by atoms with Gasteiger partial charge in [-0.15, -0.1) is 11.8 Å². The molecule has 0 fully saturated rings. The molecule has 104 valence electrons. The van der Waals surface area contributed by atoms with Crippen molar-refractivity contribution >= 4 is 23.6 Å². The number of aliphatic carboxylic acids is 1. The predicted molar refractivity (Wildman–Crippen MR) is 77.4 cm³/mol. The van der Waals surface area contributed by atoms with Gasteiger partial charge in [0.05, 0.1) is 11.5 Å². The van der Waals surface area contributed by atoms with Gasteiger partial charge < -0.3 is 10.0 Å². The van der Waals surface area contributed by atoms with Gasteiger partial charge in [0, 0.05) is 13.6 Å². The largest absolute Gasteiger partial charge is 0.481 e. The molecule has 0 saturated heterocycles. The van der Waals surface area contributed by atoms with E-state index in [1.54, 1.807) is 11.9 Å².